The van der Waals surface area contributed by atoms with E-state index in [1.807, 2.05) is 0 Å². The monoisotopic (exact) mass is 498 g/mol. The van der Waals surface area contributed by atoms with Crippen molar-refractivity contribution in [3.05, 3.63) is 76.7 Å². The number of nitrogens with zero attached hydrogens (tertiary/aromatic N) is 1. The van der Waals surface area contributed by atoms with Gasteiger partial charge in [-0.25, -0.2) is 0 Å². The Labute approximate surface area is 206 Å². The summed E-state index contributed by atoms with van der Waals surface area (Å²) in [6, 6.07) is 14.8. The maximum atomic E-state index is 12.7. The maximum absolute atomic E-state index is 12.7. The first-order chi connectivity index (χ1) is 16.9. The molecule has 0 spiro atoms. The van der Waals surface area contributed by atoms with Gasteiger partial charge in [0.2, 0.25) is 0 Å². The molecule has 9 nitrogen and oxygen atoms in total. The van der Waals surface area contributed by atoms with Gasteiger partial charge in [-0.1, -0.05) is 17.7 Å². The van der Waals surface area contributed by atoms with Crippen LogP contribution in [0.3, 0.4) is 0 Å². The summed E-state index contributed by atoms with van der Waals surface area (Å²) in [4.78, 5) is 39.0. The third-order valence-corrected chi connectivity index (χ3v) is 5.42. The van der Waals surface area contributed by atoms with E-state index in [4.69, 9.17) is 30.2 Å². The normalized spacial score (nSPS) is 12.6. The van der Waals surface area contributed by atoms with Crippen LogP contribution in [0.5, 0.6) is 11.5 Å². The maximum Gasteiger partial charge on any atom is 0.287 e. The molecule has 1 aliphatic rings. The summed E-state index contributed by atoms with van der Waals surface area (Å²) in [6.07, 6.45) is 0. The molecule has 1 aliphatic heterocycles. The van der Waals surface area contributed by atoms with E-state index in [-0.39, 0.29) is 43.1 Å². The second-order valence-electron chi connectivity index (χ2n) is 7.63. The van der Waals surface area contributed by atoms with Crippen LogP contribution in [0.15, 0.2) is 59.0 Å². The van der Waals surface area contributed by atoms with E-state index < -0.39 is 0 Å². The number of nitrogens with one attached hydrogen (secondary N) is 1. The Morgan fingerprint density at radius 3 is 2.80 bits per heavy atom. The lowest BCUT2D eigenvalue weighted by atomic mass is 10.1. The van der Waals surface area contributed by atoms with Crippen molar-refractivity contribution in [1.82, 2.24) is 5.32 Å². The number of anilines is 1. The average molecular weight is 499 g/mol. The summed E-state index contributed by atoms with van der Waals surface area (Å²) in [5, 5.41) is 3.18. The SMILES string of the molecule is COCCNC(=O)c1ccc(CN2C(=O)COc3ccc(C(=O)COc4cccc(Cl)c4)cc32)o1. The molecule has 0 unspecified atom stereocenters. The standard InChI is InChI=1S/C25H23ClN2O7/c1-32-10-9-27-25(31)23-8-6-19(35-23)13-28-20-11-16(5-7-22(20)34-15-24(28)30)21(29)14-33-18-4-2-3-17(26)12-18/h2-8,11-12H,9-10,13-15H2,1H3,(H,27,31). The quantitative estimate of drug-likeness (QED) is 0.337. The largest absolute Gasteiger partial charge is 0.485 e. The number of ether oxygens (including phenoxy) is 3. The van der Waals surface area contributed by atoms with Crippen LogP contribution in [0.25, 0.3) is 0 Å². The van der Waals surface area contributed by atoms with Gasteiger partial charge < -0.3 is 23.9 Å². The van der Waals surface area contributed by atoms with E-state index in [9.17, 15) is 14.4 Å². The minimum Gasteiger partial charge on any atom is -0.485 e. The molecule has 3 aromatic rings. The van der Waals surface area contributed by atoms with Crippen LogP contribution in [0.1, 0.15) is 26.7 Å². The number of fused-ring (bicyclic) bond motifs is 1. The van der Waals surface area contributed by atoms with Gasteiger partial charge in [0.1, 0.15) is 17.3 Å². The number of hydrogen-bond acceptors (Lipinski definition) is 7. The summed E-state index contributed by atoms with van der Waals surface area (Å²) in [5.41, 5.74) is 0.782. The molecule has 0 bridgehead atoms. The van der Waals surface area contributed by atoms with Gasteiger partial charge in [-0.05, 0) is 48.5 Å². The number of Topliss-reactive ketones (excluding diaryl/α,β-unsaturated/α-hetero) is 1. The summed E-state index contributed by atoms with van der Waals surface area (Å²) in [6.45, 7) is 0.441. The summed E-state index contributed by atoms with van der Waals surface area (Å²) < 4.78 is 21.6. The molecule has 0 atom stereocenters. The Balaban J connectivity index is 1.47. The van der Waals surface area contributed by atoms with Gasteiger partial charge in [-0.2, -0.15) is 0 Å². The number of amides is 2. The highest BCUT2D eigenvalue weighted by molar-refractivity contribution is 6.30. The van der Waals surface area contributed by atoms with Gasteiger partial charge in [-0.15, -0.1) is 0 Å². The van der Waals surface area contributed by atoms with Crippen LogP contribution in [-0.2, 0) is 16.1 Å². The molecule has 10 heteroatoms. The number of ketones is 1. The number of furan rings is 1. The molecular weight excluding hydrogens is 476 g/mol. The molecule has 35 heavy (non-hydrogen) atoms. The van der Waals surface area contributed by atoms with Crippen molar-refractivity contribution in [2.75, 3.05) is 38.4 Å². The van der Waals surface area contributed by atoms with Gasteiger partial charge in [0, 0.05) is 24.2 Å². The van der Waals surface area contributed by atoms with E-state index in [0.717, 1.165) is 0 Å². The van der Waals surface area contributed by atoms with Gasteiger partial charge >= 0.3 is 0 Å². The fraction of sp³-hybridized carbons (Fsp3) is 0.240. The first-order valence-electron chi connectivity index (χ1n) is 10.8. The molecule has 0 radical (unpaired) electrons. The van der Waals surface area contributed by atoms with Crippen molar-refractivity contribution in [3.8, 4) is 11.5 Å². The van der Waals surface area contributed by atoms with E-state index >= 15 is 0 Å². The number of carbonyl (C=O) groups excluding carboxylic acids is 3. The molecule has 2 heterocycles. The first-order valence-corrected chi connectivity index (χ1v) is 11.2. The van der Waals surface area contributed by atoms with E-state index in [2.05, 4.69) is 5.32 Å². The molecule has 182 valence electrons. The molecule has 0 saturated heterocycles. The van der Waals surface area contributed by atoms with Gasteiger partial charge in [0.25, 0.3) is 11.8 Å². The molecule has 2 amide bonds. The highest BCUT2D eigenvalue weighted by atomic mass is 35.5. The highest BCUT2D eigenvalue weighted by Crippen LogP contribution is 2.34. The lowest BCUT2D eigenvalue weighted by molar-refractivity contribution is -0.121. The predicted molar refractivity (Wildman–Crippen MR) is 127 cm³/mol. The molecule has 2 aromatic carbocycles. The van der Waals surface area contributed by atoms with Crippen molar-refractivity contribution < 1.29 is 33.0 Å². The zero-order valence-electron chi connectivity index (χ0n) is 18.9. The fourth-order valence-corrected chi connectivity index (χ4v) is 3.61. The second kappa shape index (κ2) is 11.1. The Hall–Kier alpha value is -3.82. The van der Waals surface area contributed by atoms with Crippen LogP contribution in [0.2, 0.25) is 5.02 Å². The fourth-order valence-electron chi connectivity index (χ4n) is 3.43. The van der Waals surface area contributed by atoms with Crippen LogP contribution in [0.4, 0.5) is 5.69 Å². The van der Waals surface area contributed by atoms with Crippen molar-refractivity contribution in [1.29, 1.82) is 0 Å². The molecular formula is C25H23ClN2O7. The Morgan fingerprint density at radius 2 is 2.00 bits per heavy atom. The summed E-state index contributed by atoms with van der Waals surface area (Å²) >= 11 is 5.95. The van der Waals surface area contributed by atoms with Crippen LogP contribution >= 0.6 is 11.6 Å². The number of carbonyl (C=O) groups is 3. The molecule has 0 aliphatic carbocycles. The van der Waals surface area contributed by atoms with Gasteiger partial charge in [0.15, 0.2) is 24.8 Å². The number of methoxy groups -OCH3 is 1. The van der Waals surface area contributed by atoms with Gasteiger partial charge in [-0.3, -0.25) is 19.3 Å². The Morgan fingerprint density at radius 1 is 1.14 bits per heavy atom. The number of rotatable bonds is 10. The summed E-state index contributed by atoms with van der Waals surface area (Å²) in [7, 11) is 1.54. The lowest BCUT2D eigenvalue weighted by Gasteiger charge is -2.29. The average Bonchev–Trinajstić information content (AvgIpc) is 3.33. The Kier molecular flexibility index (Phi) is 7.69. The number of hydrogen-bond donors (Lipinski definition) is 1. The van der Waals surface area contributed by atoms with Gasteiger partial charge in [0.05, 0.1) is 18.8 Å². The lowest BCUT2D eigenvalue weighted by Crippen LogP contribution is -2.38. The molecule has 0 fully saturated rings. The van der Waals surface area contributed by atoms with Crippen LogP contribution in [-0.4, -0.2) is 51.1 Å². The molecule has 4 rings (SSSR count). The Bertz CT molecular complexity index is 1240. The second-order valence-corrected chi connectivity index (χ2v) is 8.07. The minimum atomic E-state index is -0.380. The molecule has 1 aromatic heterocycles. The highest BCUT2D eigenvalue weighted by Gasteiger charge is 2.28. The van der Waals surface area contributed by atoms with Crippen molar-refractivity contribution in [3.63, 3.8) is 0 Å². The molecule has 0 saturated carbocycles. The zero-order chi connectivity index (χ0) is 24.8. The van der Waals surface area contributed by atoms with Crippen molar-refractivity contribution in [2.45, 2.75) is 6.54 Å². The number of benzene rings is 2. The van der Waals surface area contributed by atoms with Crippen molar-refractivity contribution >= 4 is 34.9 Å². The first kappa shape index (κ1) is 24.3. The minimum absolute atomic E-state index is 0.0667. The third kappa shape index (κ3) is 6.00. The van der Waals surface area contributed by atoms with Crippen LogP contribution in [0, 0.1) is 0 Å². The molecule has 1 N–H and O–H groups in total. The third-order valence-electron chi connectivity index (χ3n) is 5.18. The predicted octanol–water partition coefficient (Wildman–Crippen LogP) is 3.50. The van der Waals surface area contributed by atoms with Crippen LogP contribution < -0.4 is 19.7 Å². The topological polar surface area (TPSA) is 107 Å². The van der Waals surface area contributed by atoms with Crippen molar-refractivity contribution in [2.24, 2.45) is 0 Å². The summed E-state index contributed by atoms with van der Waals surface area (Å²) in [5.74, 6) is 0.501. The van der Waals surface area contributed by atoms with E-state index in [1.165, 1.54) is 11.0 Å². The van der Waals surface area contributed by atoms with E-state index in [0.29, 0.717) is 46.7 Å². The number of halogens is 1. The smallest absolute Gasteiger partial charge is 0.287 e. The van der Waals surface area contributed by atoms with E-state index in [1.54, 1.807) is 55.6 Å². The zero-order valence-corrected chi connectivity index (χ0v) is 19.7.